The van der Waals surface area contributed by atoms with Crippen LogP contribution >= 0.6 is 11.6 Å². The van der Waals surface area contributed by atoms with E-state index in [-0.39, 0.29) is 57.1 Å². The largest absolute Gasteiger partial charge is 0.353 e. The van der Waals surface area contributed by atoms with Crippen LogP contribution in [0.1, 0.15) is 71.5 Å². The number of anilines is 1. The maximum absolute atomic E-state index is 15.5. The van der Waals surface area contributed by atoms with Crippen LogP contribution < -0.4 is 10.0 Å². The topological polar surface area (TPSA) is 151 Å². The van der Waals surface area contributed by atoms with Crippen LogP contribution in [0.15, 0.2) is 54.9 Å². The van der Waals surface area contributed by atoms with Crippen molar-refractivity contribution in [3.63, 3.8) is 0 Å². The molecule has 2 aromatic carbocycles. The standard InChI is InChI=1S/C41H34ClF6N9O4S/c1-40(39-49-10-11-56(39)12-13-61-40)9-8-23-4-5-24(25-6-7-28(42)32-35(25)55(2)53-38(32)54-62(3,59)60)33(50-23)29(16-20-14-21(43)17-22(44)15-20)51-30(58)19-57-36-31(34(52-57)37(45)46)26-18-27(26)41(36,47)48/h4-7,10-11,14-15,17,26-27,29,37H,12-13,16,18-19H2,1-3H3,(H,51,58)(H,53,54)/t26-,27+,29?,40?/m0/s1. The lowest BCUT2D eigenvalue weighted by Gasteiger charge is -2.29. The minimum absolute atomic E-state index is 0.0204. The molecular formula is C41H34ClF6N9O4S. The van der Waals surface area contributed by atoms with Gasteiger partial charge in [0, 0.05) is 54.7 Å². The van der Waals surface area contributed by atoms with Gasteiger partial charge in [0.25, 0.3) is 12.3 Å². The Morgan fingerprint density at radius 2 is 1.82 bits per heavy atom. The molecule has 21 heteroatoms. The lowest BCUT2D eigenvalue weighted by Crippen LogP contribution is -2.35. The molecule has 322 valence electrons. The number of pyridine rings is 1. The number of halogens is 7. The number of nitrogens with zero attached hydrogens (tertiary/aromatic N) is 7. The van der Waals surface area contributed by atoms with Crippen LogP contribution in [0.4, 0.5) is 32.2 Å². The minimum Gasteiger partial charge on any atom is -0.353 e. The Bertz CT molecular complexity index is 2990. The van der Waals surface area contributed by atoms with Crippen LogP contribution in [-0.2, 0) is 57.6 Å². The van der Waals surface area contributed by atoms with E-state index in [1.807, 2.05) is 4.57 Å². The summed E-state index contributed by atoms with van der Waals surface area (Å²) in [5.74, 6) is -1.72. The third-order valence-corrected chi connectivity index (χ3v) is 12.1. The molecule has 2 aliphatic carbocycles. The van der Waals surface area contributed by atoms with Crippen molar-refractivity contribution in [2.24, 2.45) is 13.0 Å². The second-order valence-electron chi connectivity index (χ2n) is 15.6. The molecule has 1 amide bonds. The smallest absolute Gasteiger partial charge is 0.293 e. The Balaban J connectivity index is 1.20. The highest BCUT2D eigenvalue weighted by atomic mass is 35.5. The van der Waals surface area contributed by atoms with Gasteiger partial charge in [-0.25, -0.2) is 35.9 Å². The van der Waals surface area contributed by atoms with Crippen molar-refractivity contribution in [1.29, 1.82) is 0 Å². The lowest BCUT2D eigenvalue weighted by molar-refractivity contribution is -0.123. The van der Waals surface area contributed by atoms with E-state index in [1.165, 1.54) is 10.7 Å². The van der Waals surface area contributed by atoms with E-state index in [9.17, 15) is 30.8 Å². The average molecular weight is 898 g/mol. The first-order valence-corrected chi connectivity index (χ1v) is 21.4. The van der Waals surface area contributed by atoms with Crippen molar-refractivity contribution >= 4 is 44.3 Å². The zero-order valence-corrected chi connectivity index (χ0v) is 34.4. The highest BCUT2D eigenvalue weighted by Crippen LogP contribution is 2.68. The van der Waals surface area contributed by atoms with Crippen LogP contribution in [0.3, 0.4) is 0 Å². The molecule has 13 nitrogen and oxygen atoms in total. The number of ether oxygens (including phenoxy) is 1. The number of nitrogens with one attached hydrogen (secondary N) is 2. The van der Waals surface area contributed by atoms with Gasteiger partial charge in [0.2, 0.25) is 15.9 Å². The van der Waals surface area contributed by atoms with Crippen LogP contribution in [0.2, 0.25) is 5.02 Å². The normalized spacial score (nSPS) is 20.3. The van der Waals surface area contributed by atoms with E-state index in [2.05, 4.69) is 37.1 Å². The van der Waals surface area contributed by atoms with Crippen molar-refractivity contribution in [2.45, 2.75) is 62.8 Å². The number of hydrogen-bond donors (Lipinski definition) is 2. The van der Waals surface area contributed by atoms with Gasteiger partial charge in [0.15, 0.2) is 17.2 Å². The van der Waals surface area contributed by atoms with Crippen molar-refractivity contribution in [1.82, 2.24) is 39.4 Å². The molecule has 0 radical (unpaired) electrons. The van der Waals surface area contributed by atoms with Gasteiger partial charge >= 0.3 is 0 Å². The molecule has 3 aliphatic rings. The second-order valence-corrected chi connectivity index (χ2v) is 17.8. The van der Waals surface area contributed by atoms with Gasteiger partial charge in [0.05, 0.1) is 40.5 Å². The fourth-order valence-electron chi connectivity index (χ4n) is 8.61. The number of imidazole rings is 1. The van der Waals surface area contributed by atoms with Crippen LogP contribution in [0.5, 0.6) is 0 Å². The molecule has 4 aromatic heterocycles. The zero-order chi connectivity index (χ0) is 44.0. The molecule has 2 unspecified atom stereocenters. The molecule has 9 rings (SSSR count). The maximum Gasteiger partial charge on any atom is 0.293 e. The van der Waals surface area contributed by atoms with Crippen molar-refractivity contribution in [3.05, 3.63) is 111 Å². The number of fused-ring (bicyclic) bond motifs is 5. The summed E-state index contributed by atoms with van der Waals surface area (Å²) in [6.07, 6.45) is 0.869. The molecule has 1 fully saturated rings. The number of carbonyl (C=O) groups is 1. The van der Waals surface area contributed by atoms with Crippen LogP contribution in [0, 0.1) is 29.4 Å². The molecule has 6 aromatic rings. The van der Waals surface area contributed by atoms with E-state index in [4.69, 9.17) is 21.3 Å². The molecule has 62 heavy (non-hydrogen) atoms. The summed E-state index contributed by atoms with van der Waals surface area (Å²) in [5, 5.41) is 11.2. The molecular weight excluding hydrogens is 864 g/mol. The lowest BCUT2D eigenvalue weighted by atomic mass is 9.93. The summed E-state index contributed by atoms with van der Waals surface area (Å²) in [7, 11) is -2.30. The van der Waals surface area contributed by atoms with E-state index >= 15 is 8.78 Å². The monoisotopic (exact) mass is 897 g/mol. The quantitative estimate of drug-likeness (QED) is 0.112. The van der Waals surface area contributed by atoms with E-state index in [1.54, 1.807) is 44.6 Å². The molecule has 4 atom stereocenters. The van der Waals surface area contributed by atoms with Gasteiger partial charge in [0.1, 0.15) is 35.3 Å². The van der Waals surface area contributed by atoms with E-state index in [0.29, 0.717) is 40.8 Å². The molecule has 0 spiro atoms. The van der Waals surface area contributed by atoms with Gasteiger partial charge in [-0.1, -0.05) is 23.6 Å². The molecule has 1 aliphatic heterocycles. The third-order valence-electron chi connectivity index (χ3n) is 11.2. The molecule has 0 bridgehead atoms. The number of carbonyl (C=O) groups excluding carboxylic acids is 1. The number of hydrogen-bond acceptors (Lipinski definition) is 8. The molecule has 1 saturated carbocycles. The first-order valence-electron chi connectivity index (χ1n) is 19.2. The van der Waals surface area contributed by atoms with Crippen LogP contribution in [0.25, 0.3) is 22.0 Å². The third kappa shape index (κ3) is 7.34. The van der Waals surface area contributed by atoms with E-state index < -0.39 is 81.3 Å². The van der Waals surface area contributed by atoms with Crippen molar-refractivity contribution in [2.75, 3.05) is 17.6 Å². The number of alkyl halides is 4. The maximum atomic E-state index is 15.5. The summed E-state index contributed by atoms with van der Waals surface area (Å²) >= 11 is 6.65. The van der Waals surface area contributed by atoms with E-state index in [0.717, 1.165) is 18.4 Å². The number of rotatable bonds is 10. The Morgan fingerprint density at radius 3 is 2.55 bits per heavy atom. The highest BCUT2D eigenvalue weighted by molar-refractivity contribution is 7.92. The SMILES string of the molecule is Cn1nc(NS(C)(=O)=O)c2c(Cl)ccc(-c3ccc(C#CC4(C)OCCn5ccnc54)nc3C(Cc3cc(F)cc(F)c3)NC(=O)Cn3nc(C(F)F)c4c3C(F)(F)[C@@H]3C[C@H]43)c21. The summed E-state index contributed by atoms with van der Waals surface area (Å²) in [6.45, 7) is 1.72. The van der Waals surface area contributed by atoms with Gasteiger partial charge in [-0.15, -0.1) is 0 Å². The van der Waals surface area contributed by atoms with Gasteiger partial charge in [-0.3, -0.25) is 18.9 Å². The Morgan fingerprint density at radius 1 is 1.08 bits per heavy atom. The fraction of sp³-hybridized carbons (Fsp3) is 0.341. The number of benzene rings is 2. The minimum atomic E-state index is -3.84. The number of amides is 1. The number of sulfonamides is 1. The Labute approximate surface area is 354 Å². The fourth-order valence-corrected chi connectivity index (χ4v) is 9.35. The van der Waals surface area contributed by atoms with Crippen LogP contribution in [-0.4, -0.2) is 61.3 Å². The summed E-state index contributed by atoms with van der Waals surface area (Å²) in [5.41, 5.74) is -1.77. The first-order chi connectivity index (χ1) is 29.3. The average Bonchev–Trinajstić information content (AvgIpc) is 3.40. The van der Waals surface area contributed by atoms with Gasteiger partial charge < -0.3 is 14.6 Å². The molecule has 0 saturated heterocycles. The molecule has 2 N–H and O–H groups in total. The Kier molecular flexibility index (Phi) is 9.94. The van der Waals surface area contributed by atoms with Crippen molar-refractivity contribution < 1.29 is 44.3 Å². The summed E-state index contributed by atoms with van der Waals surface area (Å²) < 4.78 is 126. The van der Waals surface area contributed by atoms with Crippen molar-refractivity contribution in [3.8, 4) is 23.0 Å². The molecule has 5 heterocycles. The predicted octanol–water partition coefficient (Wildman–Crippen LogP) is 6.88. The number of aromatic nitrogens is 7. The summed E-state index contributed by atoms with van der Waals surface area (Å²) in [6, 6.07) is 7.72. The Hall–Kier alpha value is -5.91. The zero-order valence-electron chi connectivity index (χ0n) is 32.9. The second kappa shape index (κ2) is 14.9. The van der Waals surface area contributed by atoms with Gasteiger partial charge in [-0.2, -0.15) is 19.0 Å². The number of aryl methyl sites for hydroxylation is 1. The summed E-state index contributed by atoms with van der Waals surface area (Å²) in [4.78, 5) is 23.4. The predicted molar refractivity (Wildman–Crippen MR) is 213 cm³/mol. The first kappa shape index (κ1) is 41.4. The highest BCUT2D eigenvalue weighted by Gasteiger charge is 2.67. The van der Waals surface area contributed by atoms with Gasteiger partial charge in [-0.05, 0) is 67.5 Å².